The van der Waals surface area contributed by atoms with Crippen LogP contribution in [0.15, 0.2) is 48.5 Å². The molecule has 2 fully saturated rings. The highest BCUT2D eigenvalue weighted by atomic mass is 16.6. The third-order valence-corrected chi connectivity index (χ3v) is 7.00. The molecule has 1 saturated heterocycles. The normalized spacial score (nSPS) is 22.5. The Morgan fingerprint density at radius 2 is 1.54 bits per heavy atom. The van der Waals surface area contributed by atoms with Crippen LogP contribution in [0.1, 0.15) is 59.4 Å². The molecule has 35 heavy (non-hydrogen) atoms. The number of nitrogens with zero attached hydrogens (tertiary/aromatic N) is 3. The molecule has 1 aliphatic heterocycles. The van der Waals surface area contributed by atoms with Gasteiger partial charge in [-0.1, -0.05) is 36.8 Å². The molecule has 2 aromatic carbocycles. The standard InChI is InChI=1S/C26H27N3O6/c1-15-4-7-18(8-5-15)23(30)17(3)27(24(31)19-9-11-20(12-10-19)29(34)35)28-25(32)21-13-6-16(2)14-22(21)26(28)33/h4-5,7-12,16-17,21-22H,6,13-14H2,1-3H3/t16-,17-,21+,22-/m0/s1. The van der Waals surface area contributed by atoms with Crippen LogP contribution in [0.3, 0.4) is 0 Å². The van der Waals surface area contributed by atoms with Gasteiger partial charge in [0.15, 0.2) is 5.78 Å². The Bertz CT molecular complexity index is 1190. The Kier molecular flexibility index (Phi) is 6.51. The number of fused-ring (bicyclic) bond motifs is 1. The second-order valence-corrected chi connectivity index (χ2v) is 9.48. The molecule has 1 saturated carbocycles. The maximum absolute atomic E-state index is 13.7. The second kappa shape index (κ2) is 9.40. The van der Waals surface area contributed by atoms with Crippen LogP contribution >= 0.6 is 0 Å². The zero-order valence-electron chi connectivity index (χ0n) is 19.8. The highest BCUT2D eigenvalue weighted by Gasteiger charge is 2.54. The summed E-state index contributed by atoms with van der Waals surface area (Å²) in [5.41, 5.74) is 1.12. The number of hydrogen-bond acceptors (Lipinski definition) is 6. The van der Waals surface area contributed by atoms with Gasteiger partial charge in [-0.05, 0) is 51.2 Å². The van der Waals surface area contributed by atoms with E-state index in [-0.39, 0.29) is 17.2 Å². The van der Waals surface area contributed by atoms with Gasteiger partial charge >= 0.3 is 0 Å². The van der Waals surface area contributed by atoms with Crippen molar-refractivity contribution in [1.29, 1.82) is 0 Å². The molecule has 9 nitrogen and oxygen atoms in total. The lowest BCUT2D eigenvalue weighted by Crippen LogP contribution is -2.56. The van der Waals surface area contributed by atoms with Crippen LogP contribution in [-0.4, -0.2) is 44.5 Å². The molecule has 0 spiro atoms. The maximum atomic E-state index is 13.7. The second-order valence-electron chi connectivity index (χ2n) is 9.48. The molecular formula is C26H27N3O6. The van der Waals surface area contributed by atoms with E-state index in [9.17, 15) is 29.3 Å². The Balaban J connectivity index is 1.74. The van der Waals surface area contributed by atoms with Crippen LogP contribution in [-0.2, 0) is 9.59 Å². The van der Waals surface area contributed by atoms with Crippen molar-refractivity contribution in [3.8, 4) is 0 Å². The van der Waals surface area contributed by atoms with Gasteiger partial charge in [0.2, 0.25) is 0 Å². The number of aryl methyl sites for hydroxylation is 1. The molecule has 1 aliphatic carbocycles. The van der Waals surface area contributed by atoms with E-state index in [2.05, 4.69) is 0 Å². The minimum Gasteiger partial charge on any atom is -0.292 e. The molecule has 3 amide bonds. The fraction of sp³-hybridized carbons (Fsp3) is 0.385. The van der Waals surface area contributed by atoms with Gasteiger partial charge in [-0.3, -0.25) is 29.3 Å². The van der Waals surface area contributed by atoms with Gasteiger partial charge in [0.25, 0.3) is 23.4 Å². The van der Waals surface area contributed by atoms with Crippen LogP contribution in [0.2, 0.25) is 0 Å². The van der Waals surface area contributed by atoms with Crippen molar-refractivity contribution < 1.29 is 24.1 Å². The summed E-state index contributed by atoms with van der Waals surface area (Å²) in [5, 5.41) is 12.8. The molecule has 0 radical (unpaired) electrons. The van der Waals surface area contributed by atoms with Gasteiger partial charge in [0, 0.05) is 23.3 Å². The Labute approximate surface area is 202 Å². The van der Waals surface area contributed by atoms with Gasteiger partial charge in [-0.25, -0.2) is 5.01 Å². The highest BCUT2D eigenvalue weighted by Crippen LogP contribution is 2.41. The van der Waals surface area contributed by atoms with Crippen molar-refractivity contribution in [1.82, 2.24) is 10.0 Å². The maximum Gasteiger partial charge on any atom is 0.273 e. The van der Waals surface area contributed by atoms with E-state index in [1.54, 1.807) is 24.3 Å². The summed E-state index contributed by atoms with van der Waals surface area (Å²) < 4.78 is 0. The fourth-order valence-electron chi connectivity index (χ4n) is 4.95. The van der Waals surface area contributed by atoms with E-state index < -0.39 is 46.3 Å². The number of ketones is 1. The van der Waals surface area contributed by atoms with E-state index in [4.69, 9.17) is 0 Å². The lowest BCUT2D eigenvalue weighted by molar-refractivity contribution is -0.384. The number of non-ortho nitro benzene ring substituents is 1. The molecule has 9 heteroatoms. The summed E-state index contributed by atoms with van der Waals surface area (Å²) in [7, 11) is 0. The average Bonchev–Trinajstić information content (AvgIpc) is 3.08. The van der Waals surface area contributed by atoms with Crippen molar-refractivity contribution in [3.05, 3.63) is 75.3 Å². The monoisotopic (exact) mass is 477 g/mol. The molecule has 1 heterocycles. The number of nitro groups is 1. The van der Waals surface area contributed by atoms with Gasteiger partial charge < -0.3 is 0 Å². The Morgan fingerprint density at radius 1 is 0.971 bits per heavy atom. The zero-order valence-corrected chi connectivity index (χ0v) is 19.8. The topological polar surface area (TPSA) is 118 Å². The molecule has 0 unspecified atom stereocenters. The average molecular weight is 478 g/mol. The molecule has 4 atom stereocenters. The third kappa shape index (κ3) is 4.45. The Morgan fingerprint density at radius 3 is 2.14 bits per heavy atom. The number of carbonyl (C=O) groups excluding carboxylic acids is 4. The van der Waals surface area contributed by atoms with E-state index in [1.165, 1.54) is 31.2 Å². The summed E-state index contributed by atoms with van der Waals surface area (Å²) in [6.07, 6.45) is 1.90. The summed E-state index contributed by atoms with van der Waals surface area (Å²) in [6.45, 7) is 5.39. The number of Topliss-reactive ketones (excluding diaryl/α,β-unsaturated/α-hetero) is 1. The van der Waals surface area contributed by atoms with Gasteiger partial charge in [0.1, 0.15) is 6.04 Å². The first-order chi connectivity index (χ1) is 16.6. The number of rotatable bonds is 6. The third-order valence-electron chi connectivity index (χ3n) is 7.00. The van der Waals surface area contributed by atoms with Crippen LogP contribution in [0.4, 0.5) is 5.69 Å². The van der Waals surface area contributed by atoms with E-state index in [1.807, 2.05) is 13.8 Å². The minimum absolute atomic E-state index is 0.0306. The van der Waals surface area contributed by atoms with Crippen LogP contribution < -0.4 is 0 Å². The van der Waals surface area contributed by atoms with Gasteiger partial charge in [-0.2, -0.15) is 5.01 Å². The number of amides is 3. The number of nitro benzene ring substituents is 1. The molecule has 0 N–H and O–H groups in total. The van der Waals surface area contributed by atoms with Crippen molar-refractivity contribution >= 4 is 29.2 Å². The quantitative estimate of drug-likeness (QED) is 0.269. The number of hydrazine groups is 1. The fourth-order valence-corrected chi connectivity index (χ4v) is 4.95. The molecular weight excluding hydrogens is 450 g/mol. The van der Waals surface area contributed by atoms with Crippen molar-refractivity contribution in [2.45, 2.75) is 46.1 Å². The predicted molar refractivity (Wildman–Crippen MR) is 126 cm³/mol. The number of carbonyl (C=O) groups is 4. The highest BCUT2D eigenvalue weighted by molar-refractivity contribution is 6.10. The van der Waals surface area contributed by atoms with Crippen LogP contribution in [0, 0.1) is 34.8 Å². The Hall–Kier alpha value is -3.88. The molecule has 4 rings (SSSR count). The summed E-state index contributed by atoms with van der Waals surface area (Å²) in [5.74, 6) is -2.91. The molecule has 0 bridgehead atoms. The van der Waals surface area contributed by atoms with Crippen molar-refractivity contribution in [2.24, 2.45) is 17.8 Å². The number of imide groups is 1. The van der Waals surface area contributed by atoms with Crippen molar-refractivity contribution in [3.63, 3.8) is 0 Å². The van der Waals surface area contributed by atoms with Crippen LogP contribution in [0.25, 0.3) is 0 Å². The molecule has 2 aromatic rings. The summed E-state index contributed by atoms with van der Waals surface area (Å²) >= 11 is 0. The number of benzene rings is 2. The summed E-state index contributed by atoms with van der Waals surface area (Å²) in [6, 6.07) is 10.5. The predicted octanol–water partition coefficient (Wildman–Crippen LogP) is 3.95. The molecule has 182 valence electrons. The lowest BCUT2D eigenvalue weighted by Gasteiger charge is -2.34. The van der Waals surface area contributed by atoms with Crippen molar-refractivity contribution in [2.75, 3.05) is 0 Å². The largest absolute Gasteiger partial charge is 0.292 e. The SMILES string of the molecule is Cc1ccc(C(=O)[C@H](C)N(C(=O)c2ccc([N+](=O)[O-])cc2)N2C(=O)[C@H]3C[C@@H](C)CC[C@H]3C2=O)cc1. The van der Waals surface area contributed by atoms with Gasteiger partial charge in [-0.15, -0.1) is 0 Å². The number of hydrogen-bond donors (Lipinski definition) is 0. The minimum atomic E-state index is -1.16. The van der Waals surface area contributed by atoms with Crippen LogP contribution in [0.5, 0.6) is 0 Å². The first-order valence-electron chi connectivity index (χ1n) is 11.7. The van der Waals surface area contributed by atoms with E-state index >= 15 is 0 Å². The summed E-state index contributed by atoms with van der Waals surface area (Å²) in [4.78, 5) is 64.3. The lowest BCUT2D eigenvalue weighted by atomic mass is 9.76. The van der Waals surface area contributed by atoms with Gasteiger partial charge in [0.05, 0.1) is 16.8 Å². The first kappa shape index (κ1) is 24.3. The zero-order chi connectivity index (χ0) is 25.4. The van der Waals surface area contributed by atoms with E-state index in [0.29, 0.717) is 18.4 Å². The molecule has 2 aliphatic rings. The molecule has 0 aromatic heterocycles. The van der Waals surface area contributed by atoms with E-state index in [0.717, 1.165) is 22.0 Å². The first-order valence-corrected chi connectivity index (χ1v) is 11.7. The smallest absolute Gasteiger partial charge is 0.273 e.